The van der Waals surface area contributed by atoms with E-state index in [0.29, 0.717) is 42.3 Å². The molecule has 1 atom stereocenters. The number of likely N-dealkylation sites (tertiary alicyclic amines) is 1. The van der Waals surface area contributed by atoms with Crippen LogP contribution < -0.4 is 19.5 Å². The van der Waals surface area contributed by atoms with Crippen molar-refractivity contribution in [3.63, 3.8) is 0 Å². The van der Waals surface area contributed by atoms with Crippen LogP contribution in [0.4, 0.5) is 5.69 Å². The van der Waals surface area contributed by atoms with Crippen LogP contribution in [0.15, 0.2) is 36.4 Å². The van der Waals surface area contributed by atoms with Crippen LogP contribution >= 0.6 is 0 Å². The number of fused-ring (bicyclic) bond motifs is 2. The second-order valence-electron chi connectivity index (χ2n) is 7.03. The first-order valence-corrected chi connectivity index (χ1v) is 9.03. The summed E-state index contributed by atoms with van der Waals surface area (Å²) in [6.07, 6.45) is 0.561. The highest BCUT2D eigenvalue weighted by Crippen LogP contribution is 2.45. The van der Waals surface area contributed by atoms with Gasteiger partial charge in [0.15, 0.2) is 0 Å². The topological polar surface area (TPSA) is 77.1 Å². The molecule has 1 spiro atoms. The summed E-state index contributed by atoms with van der Waals surface area (Å²) in [4.78, 5) is 27.7. The Bertz CT molecular complexity index is 936. The smallest absolute Gasteiger partial charge is 0.254 e. The molecule has 2 aliphatic rings. The van der Waals surface area contributed by atoms with Crippen molar-refractivity contribution in [1.82, 2.24) is 4.90 Å². The fourth-order valence-electron chi connectivity index (χ4n) is 4.02. The predicted octanol–water partition coefficient (Wildman–Crippen LogP) is 2.45. The Morgan fingerprint density at radius 1 is 1.00 bits per heavy atom. The van der Waals surface area contributed by atoms with Crippen molar-refractivity contribution >= 4 is 17.5 Å². The Balaban J connectivity index is 1.65. The van der Waals surface area contributed by atoms with E-state index in [1.165, 1.54) is 0 Å². The molecule has 0 saturated carbocycles. The van der Waals surface area contributed by atoms with Gasteiger partial charge in [0.1, 0.15) is 17.2 Å². The van der Waals surface area contributed by atoms with Crippen molar-refractivity contribution in [1.29, 1.82) is 0 Å². The van der Waals surface area contributed by atoms with E-state index in [1.807, 2.05) is 18.2 Å². The second-order valence-corrected chi connectivity index (χ2v) is 7.03. The quantitative estimate of drug-likeness (QED) is 0.879. The zero-order valence-electron chi connectivity index (χ0n) is 16.1. The minimum atomic E-state index is -0.748. The van der Waals surface area contributed by atoms with Gasteiger partial charge in [0.05, 0.1) is 26.7 Å². The summed E-state index contributed by atoms with van der Waals surface area (Å²) >= 11 is 0. The number of hydrogen-bond acceptors (Lipinski definition) is 5. The molecule has 2 amide bonds. The lowest BCUT2D eigenvalue weighted by atomic mass is 9.81. The van der Waals surface area contributed by atoms with Crippen LogP contribution in [-0.2, 0) is 10.2 Å². The summed E-state index contributed by atoms with van der Waals surface area (Å²) in [6.45, 7) is 0.805. The van der Waals surface area contributed by atoms with Crippen molar-refractivity contribution in [3.8, 4) is 17.2 Å². The molecule has 1 saturated heterocycles. The standard InChI is InChI=1S/C21H22N2O5/c1-26-14-4-5-18-17(11-14)21(20(25)22-18)6-7-23(12-21)19(24)13-8-15(27-2)10-16(9-13)28-3/h4-5,8-11H,6-7,12H2,1-3H3,(H,22,25). The molecule has 2 heterocycles. The van der Waals surface area contributed by atoms with Crippen LogP contribution in [0.1, 0.15) is 22.3 Å². The number of hydrogen-bond donors (Lipinski definition) is 1. The molecule has 7 nitrogen and oxygen atoms in total. The van der Waals surface area contributed by atoms with Gasteiger partial charge in [0.25, 0.3) is 5.91 Å². The summed E-state index contributed by atoms with van der Waals surface area (Å²) in [6, 6.07) is 10.6. The Labute approximate surface area is 163 Å². The van der Waals surface area contributed by atoms with Crippen LogP contribution in [-0.4, -0.2) is 51.1 Å². The molecule has 7 heteroatoms. The molecule has 1 unspecified atom stereocenters. The molecule has 28 heavy (non-hydrogen) atoms. The monoisotopic (exact) mass is 382 g/mol. The van der Waals surface area contributed by atoms with Crippen LogP contribution in [0.3, 0.4) is 0 Å². The minimum Gasteiger partial charge on any atom is -0.497 e. The van der Waals surface area contributed by atoms with Gasteiger partial charge in [-0.15, -0.1) is 0 Å². The van der Waals surface area contributed by atoms with E-state index in [1.54, 1.807) is 44.4 Å². The first-order chi connectivity index (χ1) is 13.5. The van der Waals surface area contributed by atoms with E-state index in [2.05, 4.69) is 5.32 Å². The van der Waals surface area contributed by atoms with Gasteiger partial charge in [-0.05, 0) is 42.3 Å². The van der Waals surface area contributed by atoms with Crippen molar-refractivity contribution in [2.75, 3.05) is 39.7 Å². The first kappa shape index (κ1) is 18.2. The van der Waals surface area contributed by atoms with Gasteiger partial charge >= 0.3 is 0 Å². The molecule has 2 aliphatic heterocycles. The SMILES string of the molecule is COc1cc(OC)cc(C(=O)N2CCC3(C2)C(=O)Nc2ccc(OC)cc23)c1. The number of amides is 2. The number of benzene rings is 2. The molecule has 0 aliphatic carbocycles. The van der Waals surface area contributed by atoms with Gasteiger partial charge in [-0.25, -0.2) is 0 Å². The molecule has 0 radical (unpaired) electrons. The lowest BCUT2D eigenvalue weighted by molar-refractivity contribution is -0.120. The third-order valence-corrected chi connectivity index (χ3v) is 5.58. The highest BCUT2D eigenvalue weighted by molar-refractivity contribution is 6.07. The van der Waals surface area contributed by atoms with Gasteiger partial charge < -0.3 is 24.4 Å². The Morgan fingerprint density at radius 2 is 1.68 bits per heavy atom. The Hall–Kier alpha value is -3.22. The maximum atomic E-state index is 13.1. The molecule has 2 aromatic rings. The molecule has 0 bridgehead atoms. The summed E-state index contributed by atoms with van der Waals surface area (Å²) in [5, 5.41) is 2.94. The molecule has 1 fully saturated rings. The summed E-state index contributed by atoms with van der Waals surface area (Å²) in [7, 11) is 4.68. The highest BCUT2D eigenvalue weighted by Gasteiger charge is 2.52. The van der Waals surface area contributed by atoms with Gasteiger partial charge in [-0.1, -0.05) is 0 Å². The van der Waals surface area contributed by atoms with E-state index < -0.39 is 5.41 Å². The van der Waals surface area contributed by atoms with Crippen LogP contribution in [0.25, 0.3) is 0 Å². The van der Waals surface area contributed by atoms with Crippen molar-refractivity contribution in [3.05, 3.63) is 47.5 Å². The third kappa shape index (κ3) is 2.74. The van der Waals surface area contributed by atoms with Crippen LogP contribution in [0.5, 0.6) is 17.2 Å². The fourth-order valence-corrected chi connectivity index (χ4v) is 4.02. The Morgan fingerprint density at radius 3 is 2.32 bits per heavy atom. The van der Waals surface area contributed by atoms with Gasteiger partial charge in [0.2, 0.25) is 5.91 Å². The minimum absolute atomic E-state index is 0.0747. The number of carbonyl (C=O) groups excluding carboxylic acids is 2. The average molecular weight is 382 g/mol. The van der Waals surface area contributed by atoms with Gasteiger partial charge in [-0.3, -0.25) is 9.59 Å². The van der Waals surface area contributed by atoms with Crippen molar-refractivity contribution < 1.29 is 23.8 Å². The van der Waals surface area contributed by atoms with E-state index in [9.17, 15) is 9.59 Å². The van der Waals surface area contributed by atoms with Gasteiger partial charge in [-0.2, -0.15) is 0 Å². The number of ether oxygens (including phenoxy) is 3. The number of nitrogens with zero attached hydrogens (tertiary/aromatic N) is 1. The zero-order valence-corrected chi connectivity index (χ0v) is 16.1. The molecule has 146 valence electrons. The van der Waals surface area contributed by atoms with Crippen molar-refractivity contribution in [2.45, 2.75) is 11.8 Å². The van der Waals surface area contributed by atoms with Gasteiger partial charge in [0, 0.05) is 30.4 Å². The average Bonchev–Trinajstić information content (AvgIpc) is 3.29. The van der Waals surface area contributed by atoms with Crippen LogP contribution in [0.2, 0.25) is 0 Å². The Kier molecular flexibility index (Phi) is 4.37. The van der Waals surface area contributed by atoms with E-state index in [4.69, 9.17) is 14.2 Å². The van der Waals surface area contributed by atoms with E-state index in [0.717, 1.165) is 11.3 Å². The van der Waals surface area contributed by atoms with E-state index >= 15 is 0 Å². The largest absolute Gasteiger partial charge is 0.497 e. The second kappa shape index (κ2) is 6.74. The number of nitrogens with one attached hydrogen (secondary N) is 1. The maximum Gasteiger partial charge on any atom is 0.254 e. The number of anilines is 1. The lowest BCUT2D eigenvalue weighted by Gasteiger charge is -2.23. The number of rotatable bonds is 4. The lowest BCUT2D eigenvalue weighted by Crippen LogP contribution is -2.39. The molecule has 4 rings (SSSR count). The van der Waals surface area contributed by atoms with Crippen molar-refractivity contribution in [2.24, 2.45) is 0 Å². The molecule has 0 aromatic heterocycles. The summed E-state index contributed by atoms with van der Waals surface area (Å²) in [5.74, 6) is 1.56. The maximum absolute atomic E-state index is 13.1. The predicted molar refractivity (Wildman–Crippen MR) is 103 cm³/mol. The number of carbonyl (C=O) groups is 2. The first-order valence-electron chi connectivity index (χ1n) is 9.03. The normalized spacial score (nSPS) is 20.1. The molecular weight excluding hydrogens is 360 g/mol. The highest BCUT2D eigenvalue weighted by atomic mass is 16.5. The molecular formula is C21H22N2O5. The third-order valence-electron chi connectivity index (χ3n) is 5.58. The fraction of sp³-hybridized carbons (Fsp3) is 0.333. The molecule has 1 N–H and O–H groups in total. The molecule has 2 aromatic carbocycles. The summed E-state index contributed by atoms with van der Waals surface area (Å²) in [5.41, 5.74) is 1.39. The van der Waals surface area contributed by atoms with E-state index in [-0.39, 0.29) is 11.8 Å². The zero-order chi connectivity index (χ0) is 19.9. The van der Waals surface area contributed by atoms with Crippen LogP contribution in [0, 0.1) is 0 Å². The summed E-state index contributed by atoms with van der Waals surface area (Å²) < 4.78 is 15.9. The number of methoxy groups -OCH3 is 3.